The normalized spacial score (nSPS) is 17.9. The molecule has 0 radical (unpaired) electrons. The summed E-state index contributed by atoms with van der Waals surface area (Å²) in [6, 6.07) is 9.19. The first kappa shape index (κ1) is 29.0. The van der Waals surface area contributed by atoms with Crippen LogP contribution in [0.5, 0.6) is 0 Å². The molecule has 0 unspecified atom stereocenters. The molecular weight excluding hydrogens is 553 g/mol. The van der Waals surface area contributed by atoms with Crippen LogP contribution in [0, 0.1) is 0 Å². The van der Waals surface area contributed by atoms with E-state index in [-0.39, 0.29) is 45.6 Å². The number of carbonyl (C=O) groups is 1. The molecule has 1 aliphatic carbocycles. The summed E-state index contributed by atoms with van der Waals surface area (Å²) in [5, 5.41) is 11.8. The van der Waals surface area contributed by atoms with Gasteiger partial charge in [0.1, 0.15) is 5.01 Å². The number of rotatable bonds is 9. The summed E-state index contributed by atoms with van der Waals surface area (Å²) in [4.78, 5) is 13.2. The first-order valence-corrected chi connectivity index (χ1v) is 14.6. The topological polar surface area (TPSA) is 110 Å². The Morgan fingerprint density at radius 2 is 1.85 bits per heavy atom. The lowest BCUT2D eigenvalue weighted by Crippen LogP contribution is -2.37. The second-order valence-electron chi connectivity index (χ2n) is 9.69. The lowest BCUT2D eigenvalue weighted by atomic mass is 9.93. The minimum absolute atomic E-state index is 0.0695. The highest BCUT2D eigenvalue weighted by Gasteiger charge is 2.33. The van der Waals surface area contributed by atoms with Gasteiger partial charge in [-0.25, -0.2) is 8.42 Å². The van der Waals surface area contributed by atoms with Crippen molar-refractivity contribution in [3.8, 4) is 0 Å². The fourth-order valence-electron chi connectivity index (χ4n) is 4.62. The van der Waals surface area contributed by atoms with Crippen LogP contribution in [0.15, 0.2) is 47.4 Å². The molecule has 0 saturated heterocycles. The van der Waals surface area contributed by atoms with E-state index in [9.17, 15) is 26.4 Å². The predicted octanol–water partition coefficient (Wildman–Crippen LogP) is 5.69. The molecule has 210 valence electrons. The Kier molecular flexibility index (Phi) is 8.62. The number of sulfonamides is 1. The highest BCUT2D eigenvalue weighted by Crippen LogP contribution is 2.36. The fraction of sp³-hybridized carbons (Fsp3) is 0.423. The molecule has 0 aliphatic heterocycles. The van der Waals surface area contributed by atoms with Crippen LogP contribution in [-0.4, -0.2) is 37.7 Å². The zero-order valence-corrected chi connectivity index (χ0v) is 23.2. The van der Waals surface area contributed by atoms with Crippen molar-refractivity contribution in [3.05, 3.63) is 69.7 Å². The molecule has 2 aromatic carbocycles. The van der Waals surface area contributed by atoms with E-state index in [1.165, 1.54) is 36.6 Å². The van der Waals surface area contributed by atoms with Crippen molar-refractivity contribution in [2.75, 3.05) is 11.8 Å². The third-order valence-electron chi connectivity index (χ3n) is 6.58. The van der Waals surface area contributed by atoms with E-state index < -0.39 is 27.7 Å². The molecule has 2 atom stereocenters. The summed E-state index contributed by atoms with van der Waals surface area (Å²) < 4.78 is 72.6. The summed E-state index contributed by atoms with van der Waals surface area (Å²) in [5.74, 6) is -0.421. The van der Waals surface area contributed by atoms with Crippen LogP contribution in [0.25, 0.3) is 0 Å². The van der Waals surface area contributed by atoms with Gasteiger partial charge in [-0.2, -0.15) is 13.2 Å². The first-order valence-electron chi connectivity index (χ1n) is 12.3. The Balaban J connectivity index is 1.48. The number of methoxy groups -OCH3 is 1. The number of hydrogen-bond acceptors (Lipinski definition) is 7. The van der Waals surface area contributed by atoms with E-state index in [0.29, 0.717) is 6.42 Å². The maximum atomic E-state index is 13.2. The lowest BCUT2D eigenvalue weighted by molar-refractivity contribution is -0.137. The molecule has 13 heteroatoms. The van der Waals surface area contributed by atoms with Crippen molar-refractivity contribution < 1.29 is 31.1 Å². The van der Waals surface area contributed by atoms with Gasteiger partial charge < -0.3 is 10.1 Å². The summed E-state index contributed by atoms with van der Waals surface area (Å²) in [5.41, 5.74) is 0.290. The zero-order chi connectivity index (χ0) is 28.4. The molecule has 1 amide bonds. The number of amides is 1. The van der Waals surface area contributed by atoms with Crippen molar-refractivity contribution in [1.29, 1.82) is 0 Å². The molecule has 0 spiro atoms. The monoisotopic (exact) mass is 582 g/mol. The van der Waals surface area contributed by atoms with Crippen molar-refractivity contribution in [2.45, 2.75) is 68.7 Å². The SMILES string of the molecule is COCc1cc(C(F)(F)F)ccc1C(=O)N[C@@H]1CCC[C@@H]1c1ccc(S(=O)(=O)Nc2nnc(C(C)C)s2)cc1. The summed E-state index contributed by atoms with van der Waals surface area (Å²) in [6.07, 6.45) is -2.23. The molecule has 1 aromatic heterocycles. The molecule has 4 rings (SSSR count). The summed E-state index contributed by atoms with van der Waals surface area (Å²) >= 11 is 1.18. The summed E-state index contributed by atoms with van der Waals surface area (Å²) in [7, 11) is -2.51. The minimum atomic E-state index is -4.53. The minimum Gasteiger partial charge on any atom is -0.380 e. The van der Waals surface area contributed by atoms with E-state index in [1.54, 1.807) is 12.1 Å². The number of alkyl halides is 3. The Hall–Kier alpha value is -3.03. The van der Waals surface area contributed by atoms with Crippen LogP contribution in [0.3, 0.4) is 0 Å². The van der Waals surface area contributed by atoms with Gasteiger partial charge in [-0.05, 0) is 54.3 Å². The predicted molar refractivity (Wildman–Crippen MR) is 141 cm³/mol. The van der Waals surface area contributed by atoms with E-state index in [1.807, 2.05) is 13.8 Å². The number of aromatic nitrogens is 2. The van der Waals surface area contributed by atoms with Crippen molar-refractivity contribution in [3.63, 3.8) is 0 Å². The van der Waals surface area contributed by atoms with Gasteiger partial charge in [-0.15, -0.1) is 10.2 Å². The summed E-state index contributed by atoms with van der Waals surface area (Å²) in [6.45, 7) is 3.75. The molecule has 8 nitrogen and oxygen atoms in total. The number of anilines is 1. The number of nitrogens with zero attached hydrogens (tertiary/aromatic N) is 2. The number of carbonyl (C=O) groups excluding carboxylic acids is 1. The third kappa shape index (κ3) is 6.76. The molecule has 1 fully saturated rings. The molecule has 2 N–H and O–H groups in total. The fourth-order valence-corrected chi connectivity index (χ4v) is 6.60. The number of nitrogens with one attached hydrogen (secondary N) is 2. The highest BCUT2D eigenvalue weighted by atomic mass is 32.2. The lowest BCUT2D eigenvalue weighted by Gasteiger charge is -2.23. The Bertz CT molecular complexity index is 1420. The van der Waals surface area contributed by atoms with Crippen LogP contribution in [0.4, 0.5) is 18.3 Å². The van der Waals surface area contributed by atoms with Gasteiger partial charge >= 0.3 is 6.18 Å². The number of hydrogen-bond donors (Lipinski definition) is 2. The molecular formula is C26H29F3N4O4S2. The molecule has 1 heterocycles. The van der Waals surface area contributed by atoms with Crippen molar-refractivity contribution >= 4 is 32.4 Å². The Morgan fingerprint density at radius 3 is 2.46 bits per heavy atom. The van der Waals surface area contributed by atoms with Crippen LogP contribution >= 0.6 is 11.3 Å². The van der Waals surface area contributed by atoms with Gasteiger partial charge in [-0.3, -0.25) is 9.52 Å². The Morgan fingerprint density at radius 1 is 1.13 bits per heavy atom. The highest BCUT2D eigenvalue weighted by molar-refractivity contribution is 7.93. The molecule has 3 aromatic rings. The smallest absolute Gasteiger partial charge is 0.380 e. The molecule has 1 aliphatic rings. The largest absolute Gasteiger partial charge is 0.416 e. The molecule has 1 saturated carbocycles. The van der Waals surface area contributed by atoms with E-state index in [2.05, 4.69) is 20.2 Å². The quantitative estimate of drug-likeness (QED) is 0.335. The van der Waals surface area contributed by atoms with E-state index in [4.69, 9.17) is 4.74 Å². The number of benzene rings is 2. The average molecular weight is 583 g/mol. The van der Waals surface area contributed by atoms with Gasteiger partial charge in [0.15, 0.2) is 0 Å². The van der Waals surface area contributed by atoms with Crippen molar-refractivity contribution in [1.82, 2.24) is 15.5 Å². The maximum absolute atomic E-state index is 13.2. The number of ether oxygens (including phenoxy) is 1. The van der Waals surface area contributed by atoms with Gasteiger partial charge in [0.05, 0.1) is 17.1 Å². The third-order valence-corrected chi connectivity index (χ3v) is 9.21. The second-order valence-corrected chi connectivity index (χ2v) is 12.4. The van der Waals surface area contributed by atoms with E-state index in [0.717, 1.165) is 35.5 Å². The van der Waals surface area contributed by atoms with Gasteiger partial charge in [0, 0.05) is 30.6 Å². The second kappa shape index (κ2) is 11.6. The van der Waals surface area contributed by atoms with E-state index >= 15 is 0 Å². The van der Waals surface area contributed by atoms with Crippen LogP contribution in [0.1, 0.15) is 77.0 Å². The number of halogens is 3. The maximum Gasteiger partial charge on any atom is 0.416 e. The first-order chi connectivity index (χ1) is 18.4. The van der Waals surface area contributed by atoms with Crippen LogP contribution in [-0.2, 0) is 27.5 Å². The van der Waals surface area contributed by atoms with Crippen molar-refractivity contribution in [2.24, 2.45) is 0 Å². The average Bonchev–Trinajstić information content (AvgIpc) is 3.53. The van der Waals surface area contributed by atoms with Gasteiger partial charge in [-0.1, -0.05) is 43.7 Å². The van der Waals surface area contributed by atoms with Crippen LogP contribution in [0.2, 0.25) is 0 Å². The van der Waals surface area contributed by atoms with Gasteiger partial charge in [0.2, 0.25) is 5.13 Å². The standard InChI is InChI=1S/C26H29F3N4O4S2/c1-15(2)24-31-32-25(38-24)33-39(35,36)19-10-7-16(8-11-19)20-5-4-6-22(20)30-23(34)21-12-9-18(26(27,28)29)13-17(21)14-37-3/h7-13,15,20,22H,4-6,14H2,1-3H3,(H,30,34)(H,32,33)/t20-,22-/m1/s1. The van der Waals surface area contributed by atoms with Crippen LogP contribution < -0.4 is 10.0 Å². The molecule has 0 bridgehead atoms. The zero-order valence-electron chi connectivity index (χ0n) is 21.6. The molecule has 39 heavy (non-hydrogen) atoms. The van der Waals surface area contributed by atoms with Gasteiger partial charge in [0.25, 0.3) is 15.9 Å². The Labute approximate surface area is 229 Å².